The number of carbonyl (C=O) groups is 1. The van der Waals surface area contributed by atoms with Gasteiger partial charge in [0.05, 0.1) is 16.9 Å². The van der Waals surface area contributed by atoms with Crippen molar-refractivity contribution in [2.75, 3.05) is 10.7 Å². The van der Waals surface area contributed by atoms with Crippen LogP contribution in [0.15, 0.2) is 40.9 Å². The summed E-state index contributed by atoms with van der Waals surface area (Å²) in [7, 11) is 0. The predicted octanol–water partition coefficient (Wildman–Crippen LogP) is 3.27. The molecule has 0 aromatic heterocycles. The summed E-state index contributed by atoms with van der Waals surface area (Å²) in [6, 6.07) is 7.80. The molecule has 0 bridgehead atoms. The van der Waals surface area contributed by atoms with Gasteiger partial charge in [0.2, 0.25) is 0 Å². The summed E-state index contributed by atoms with van der Waals surface area (Å²) < 4.78 is 26.8. The van der Waals surface area contributed by atoms with Crippen molar-refractivity contribution < 1.29 is 13.6 Å². The van der Waals surface area contributed by atoms with E-state index in [-0.39, 0.29) is 11.3 Å². The first kappa shape index (κ1) is 14.4. The first-order chi connectivity index (χ1) is 9.52. The van der Waals surface area contributed by atoms with Crippen LogP contribution in [0.25, 0.3) is 0 Å². The summed E-state index contributed by atoms with van der Waals surface area (Å²) in [5.74, 6) is 3.56. The van der Waals surface area contributed by atoms with Crippen LogP contribution in [-0.2, 0) is 0 Å². The number of para-hydroxylation sites is 1. The lowest BCUT2D eigenvalue weighted by Gasteiger charge is -2.11. The fraction of sp³-hybridized carbons (Fsp3) is 0. The zero-order valence-corrected chi connectivity index (χ0v) is 11.7. The number of nitrogens with one attached hydrogen (secondary N) is 2. The van der Waals surface area contributed by atoms with Crippen LogP contribution in [0.3, 0.4) is 0 Å². The van der Waals surface area contributed by atoms with E-state index in [9.17, 15) is 13.6 Å². The first-order valence-electron chi connectivity index (χ1n) is 5.54. The molecule has 1 amide bonds. The van der Waals surface area contributed by atoms with Crippen molar-refractivity contribution in [2.24, 2.45) is 5.84 Å². The lowest BCUT2D eigenvalue weighted by atomic mass is 10.1. The van der Waals surface area contributed by atoms with Crippen molar-refractivity contribution in [3.8, 4) is 0 Å². The number of amides is 1. The Morgan fingerprint density at radius 3 is 2.60 bits per heavy atom. The molecule has 4 N–H and O–H groups in total. The number of halogens is 3. The number of nitrogens with two attached hydrogens (primary N) is 1. The molecular weight excluding hydrogens is 332 g/mol. The van der Waals surface area contributed by atoms with Crippen LogP contribution in [0.1, 0.15) is 10.4 Å². The van der Waals surface area contributed by atoms with Gasteiger partial charge in [0.1, 0.15) is 11.6 Å². The van der Waals surface area contributed by atoms with Gasteiger partial charge in [-0.25, -0.2) is 8.78 Å². The van der Waals surface area contributed by atoms with E-state index in [2.05, 4.69) is 26.7 Å². The Labute approximate surface area is 122 Å². The normalized spacial score (nSPS) is 10.2. The summed E-state index contributed by atoms with van der Waals surface area (Å²) in [4.78, 5) is 12.1. The number of hydrogen-bond acceptors (Lipinski definition) is 3. The SMILES string of the molecule is NNc1c(F)cccc1C(=O)Nc1ccc(F)cc1Br. The molecule has 7 heteroatoms. The third kappa shape index (κ3) is 2.94. The van der Waals surface area contributed by atoms with Gasteiger partial charge in [-0.3, -0.25) is 10.6 Å². The Kier molecular flexibility index (Phi) is 4.31. The third-order valence-corrected chi connectivity index (χ3v) is 3.24. The minimum Gasteiger partial charge on any atom is -0.321 e. The molecule has 2 aromatic carbocycles. The van der Waals surface area contributed by atoms with E-state index in [4.69, 9.17) is 5.84 Å². The van der Waals surface area contributed by atoms with Crippen LogP contribution in [0, 0.1) is 11.6 Å². The largest absolute Gasteiger partial charge is 0.321 e. The molecule has 2 aromatic rings. The van der Waals surface area contributed by atoms with E-state index in [1.54, 1.807) is 0 Å². The van der Waals surface area contributed by atoms with Crippen molar-refractivity contribution in [1.29, 1.82) is 0 Å². The van der Waals surface area contributed by atoms with Gasteiger partial charge in [-0.2, -0.15) is 0 Å². The molecule has 0 aliphatic carbocycles. The van der Waals surface area contributed by atoms with Gasteiger partial charge in [0, 0.05) is 4.47 Å². The first-order valence-corrected chi connectivity index (χ1v) is 6.33. The monoisotopic (exact) mass is 341 g/mol. The molecule has 104 valence electrons. The molecule has 0 fully saturated rings. The molecule has 0 saturated heterocycles. The van der Waals surface area contributed by atoms with Gasteiger partial charge in [-0.05, 0) is 46.3 Å². The zero-order chi connectivity index (χ0) is 14.7. The average molecular weight is 342 g/mol. The van der Waals surface area contributed by atoms with Crippen molar-refractivity contribution in [3.05, 3.63) is 58.1 Å². The van der Waals surface area contributed by atoms with E-state index in [1.807, 2.05) is 0 Å². The molecule has 0 unspecified atom stereocenters. The van der Waals surface area contributed by atoms with Crippen molar-refractivity contribution in [2.45, 2.75) is 0 Å². The molecule has 4 nitrogen and oxygen atoms in total. The van der Waals surface area contributed by atoms with E-state index >= 15 is 0 Å². The molecule has 2 rings (SSSR count). The predicted molar refractivity (Wildman–Crippen MR) is 76.3 cm³/mol. The number of hydrazine groups is 1. The maximum Gasteiger partial charge on any atom is 0.257 e. The summed E-state index contributed by atoms with van der Waals surface area (Å²) in [6.45, 7) is 0. The van der Waals surface area contributed by atoms with E-state index in [0.717, 1.165) is 0 Å². The fourth-order valence-electron chi connectivity index (χ4n) is 1.64. The Morgan fingerprint density at radius 1 is 1.20 bits per heavy atom. The van der Waals surface area contributed by atoms with Gasteiger partial charge in [-0.1, -0.05) is 6.07 Å². The van der Waals surface area contributed by atoms with Crippen LogP contribution in [-0.4, -0.2) is 5.91 Å². The quantitative estimate of drug-likeness (QED) is 0.592. The smallest absolute Gasteiger partial charge is 0.257 e. The highest BCUT2D eigenvalue weighted by atomic mass is 79.9. The van der Waals surface area contributed by atoms with Gasteiger partial charge >= 0.3 is 0 Å². The summed E-state index contributed by atoms with van der Waals surface area (Å²) in [5, 5.41) is 2.54. The van der Waals surface area contributed by atoms with Gasteiger partial charge in [-0.15, -0.1) is 0 Å². The van der Waals surface area contributed by atoms with Gasteiger partial charge < -0.3 is 10.7 Å². The number of rotatable bonds is 3. The number of anilines is 2. The molecular formula is C13H10BrF2N3O. The number of carbonyl (C=O) groups excluding carboxylic acids is 1. The maximum absolute atomic E-state index is 13.5. The average Bonchev–Trinajstić information content (AvgIpc) is 2.41. The fourth-order valence-corrected chi connectivity index (χ4v) is 2.09. The van der Waals surface area contributed by atoms with Crippen LogP contribution in [0.4, 0.5) is 20.2 Å². The van der Waals surface area contributed by atoms with Crippen LogP contribution in [0.5, 0.6) is 0 Å². The lowest BCUT2D eigenvalue weighted by molar-refractivity contribution is 0.102. The van der Waals surface area contributed by atoms with Crippen LogP contribution < -0.4 is 16.6 Å². The molecule has 0 spiro atoms. The van der Waals surface area contributed by atoms with E-state index in [1.165, 1.54) is 36.4 Å². The van der Waals surface area contributed by atoms with Gasteiger partial charge in [0.15, 0.2) is 0 Å². The third-order valence-electron chi connectivity index (χ3n) is 2.58. The minimum absolute atomic E-state index is 0.0451. The molecule has 0 radical (unpaired) electrons. The van der Waals surface area contributed by atoms with E-state index in [0.29, 0.717) is 10.2 Å². The molecule has 0 aliphatic rings. The number of nitrogen functional groups attached to an aromatic ring is 1. The summed E-state index contributed by atoms with van der Waals surface area (Å²) in [5.41, 5.74) is 2.45. The second-order valence-electron chi connectivity index (χ2n) is 3.89. The van der Waals surface area contributed by atoms with E-state index < -0.39 is 17.5 Å². The Bertz CT molecular complexity index is 664. The van der Waals surface area contributed by atoms with Crippen molar-refractivity contribution >= 4 is 33.2 Å². The molecule has 0 heterocycles. The second kappa shape index (κ2) is 5.98. The van der Waals surface area contributed by atoms with Crippen molar-refractivity contribution in [3.63, 3.8) is 0 Å². The second-order valence-corrected chi connectivity index (χ2v) is 4.74. The Hall–Kier alpha value is -1.99. The topological polar surface area (TPSA) is 67.1 Å². The highest BCUT2D eigenvalue weighted by molar-refractivity contribution is 9.10. The molecule has 0 atom stereocenters. The summed E-state index contributed by atoms with van der Waals surface area (Å²) >= 11 is 3.13. The Balaban J connectivity index is 2.31. The highest BCUT2D eigenvalue weighted by Crippen LogP contribution is 2.25. The molecule has 20 heavy (non-hydrogen) atoms. The highest BCUT2D eigenvalue weighted by Gasteiger charge is 2.15. The minimum atomic E-state index is -0.640. The number of benzene rings is 2. The molecule has 0 aliphatic heterocycles. The van der Waals surface area contributed by atoms with Gasteiger partial charge in [0.25, 0.3) is 5.91 Å². The van der Waals surface area contributed by atoms with Crippen molar-refractivity contribution in [1.82, 2.24) is 0 Å². The van der Waals surface area contributed by atoms with Crippen LogP contribution >= 0.6 is 15.9 Å². The standard InChI is InChI=1S/C13H10BrF2N3O/c14-9-6-7(15)4-5-11(9)18-13(20)8-2-1-3-10(16)12(8)19-17/h1-6,19H,17H2,(H,18,20). The number of hydrogen-bond donors (Lipinski definition) is 3. The molecule has 0 saturated carbocycles. The Morgan fingerprint density at radius 2 is 1.95 bits per heavy atom. The summed E-state index contributed by atoms with van der Waals surface area (Å²) in [6.07, 6.45) is 0. The maximum atomic E-state index is 13.5. The lowest BCUT2D eigenvalue weighted by Crippen LogP contribution is -2.18. The zero-order valence-electron chi connectivity index (χ0n) is 10.1. The van der Waals surface area contributed by atoms with Crippen LogP contribution in [0.2, 0.25) is 0 Å².